The molecule has 0 radical (unpaired) electrons. The molecule has 1 fully saturated rings. The van der Waals surface area contributed by atoms with Crippen molar-refractivity contribution in [2.24, 2.45) is 5.92 Å². The maximum Gasteiger partial charge on any atom is 0.252 e. The van der Waals surface area contributed by atoms with Gasteiger partial charge in [-0.05, 0) is 44.3 Å². The maximum atomic E-state index is 12.7. The van der Waals surface area contributed by atoms with Gasteiger partial charge in [0.15, 0.2) is 5.78 Å². The van der Waals surface area contributed by atoms with Crippen LogP contribution in [-0.4, -0.2) is 31.3 Å². The number of carbonyl (C=O) groups is 2. The molecule has 2 N–H and O–H groups in total. The molecule has 4 heteroatoms. The molecule has 1 aliphatic heterocycles. The van der Waals surface area contributed by atoms with Gasteiger partial charge in [-0.1, -0.05) is 48.5 Å². The predicted octanol–water partition coefficient (Wildman–Crippen LogP) is 3.04. The van der Waals surface area contributed by atoms with E-state index in [1.807, 2.05) is 18.2 Å². The maximum absolute atomic E-state index is 12.7. The molecule has 3 rings (SSSR count). The first-order chi connectivity index (χ1) is 12.3. The fraction of sp³-hybridized carbons (Fsp3) is 0.333. The Labute approximate surface area is 148 Å². The fourth-order valence-corrected chi connectivity index (χ4v) is 3.28. The normalized spacial score (nSPS) is 17.0. The molecule has 1 aliphatic rings. The molecule has 1 saturated heterocycles. The van der Waals surface area contributed by atoms with E-state index in [-0.39, 0.29) is 11.7 Å². The van der Waals surface area contributed by atoms with Gasteiger partial charge in [0.1, 0.15) is 0 Å². The Kier molecular flexibility index (Phi) is 5.96. The molecule has 2 aromatic rings. The van der Waals surface area contributed by atoms with Crippen LogP contribution >= 0.6 is 0 Å². The zero-order chi connectivity index (χ0) is 17.5. The minimum atomic E-state index is -0.177. The van der Waals surface area contributed by atoms with E-state index in [4.69, 9.17) is 0 Å². The number of hydrogen-bond donors (Lipinski definition) is 2. The summed E-state index contributed by atoms with van der Waals surface area (Å²) >= 11 is 0. The molecular formula is C21H24N2O2. The summed E-state index contributed by atoms with van der Waals surface area (Å²) in [7, 11) is 0. The van der Waals surface area contributed by atoms with Crippen LogP contribution in [0.3, 0.4) is 0 Å². The lowest BCUT2D eigenvalue weighted by Gasteiger charge is -2.22. The second kappa shape index (κ2) is 8.58. The zero-order valence-corrected chi connectivity index (χ0v) is 14.3. The van der Waals surface area contributed by atoms with Crippen LogP contribution < -0.4 is 10.6 Å². The molecule has 1 heterocycles. The van der Waals surface area contributed by atoms with Crippen LogP contribution in [0.1, 0.15) is 45.5 Å². The molecule has 4 nitrogen and oxygen atoms in total. The van der Waals surface area contributed by atoms with Gasteiger partial charge in [-0.3, -0.25) is 9.59 Å². The van der Waals surface area contributed by atoms with Crippen LogP contribution in [0.15, 0.2) is 54.6 Å². The monoisotopic (exact) mass is 336 g/mol. The Hall–Kier alpha value is -2.46. The summed E-state index contributed by atoms with van der Waals surface area (Å²) in [5.74, 6) is 0.321. The highest BCUT2D eigenvalue weighted by Gasteiger charge is 2.18. The van der Waals surface area contributed by atoms with Crippen LogP contribution in [0, 0.1) is 5.92 Å². The van der Waals surface area contributed by atoms with Gasteiger partial charge >= 0.3 is 0 Å². The van der Waals surface area contributed by atoms with E-state index in [1.165, 1.54) is 12.8 Å². The van der Waals surface area contributed by atoms with Gasteiger partial charge in [-0.25, -0.2) is 0 Å². The van der Waals surface area contributed by atoms with Crippen molar-refractivity contribution < 1.29 is 9.59 Å². The van der Waals surface area contributed by atoms with Gasteiger partial charge in [0.05, 0.1) is 5.56 Å². The molecular weight excluding hydrogens is 312 g/mol. The van der Waals surface area contributed by atoms with Crippen molar-refractivity contribution in [3.63, 3.8) is 0 Å². The van der Waals surface area contributed by atoms with Gasteiger partial charge in [-0.2, -0.15) is 0 Å². The van der Waals surface area contributed by atoms with Crippen molar-refractivity contribution in [1.29, 1.82) is 0 Å². The van der Waals surface area contributed by atoms with Gasteiger partial charge in [0.2, 0.25) is 0 Å². The van der Waals surface area contributed by atoms with E-state index in [0.717, 1.165) is 19.5 Å². The highest BCUT2D eigenvalue weighted by molar-refractivity contribution is 6.15. The zero-order valence-electron chi connectivity index (χ0n) is 14.3. The lowest BCUT2D eigenvalue weighted by molar-refractivity contribution is 0.0939. The van der Waals surface area contributed by atoms with Gasteiger partial charge in [0, 0.05) is 17.7 Å². The molecule has 0 aromatic heterocycles. The standard InChI is InChI=1S/C21H24N2O2/c24-20(17-8-2-1-3-9-17)18-10-4-5-11-19(18)21(25)23-14-12-16-7-6-13-22-15-16/h1-5,8-11,16,22H,6-7,12-15H2,(H,23,25). The highest BCUT2D eigenvalue weighted by atomic mass is 16.2. The molecule has 0 bridgehead atoms. The Morgan fingerprint density at radius 2 is 1.72 bits per heavy atom. The number of benzene rings is 2. The van der Waals surface area contributed by atoms with Crippen LogP contribution in [0.4, 0.5) is 0 Å². The van der Waals surface area contributed by atoms with Crippen molar-refractivity contribution in [3.8, 4) is 0 Å². The Morgan fingerprint density at radius 1 is 1.00 bits per heavy atom. The van der Waals surface area contributed by atoms with E-state index >= 15 is 0 Å². The number of hydrogen-bond acceptors (Lipinski definition) is 3. The third-order valence-electron chi connectivity index (χ3n) is 4.69. The number of piperidine rings is 1. The van der Waals surface area contributed by atoms with E-state index in [9.17, 15) is 9.59 Å². The first kappa shape index (κ1) is 17.4. The summed E-state index contributed by atoms with van der Waals surface area (Å²) in [6.07, 6.45) is 3.38. The molecule has 0 aliphatic carbocycles. The van der Waals surface area contributed by atoms with Crippen LogP contribution in [0.5, 0.6) is 0 Å². The molecule has 1 atom stereocenters. The Bertz CT molecular complexity index is 722. The second-order valence-corrected chi connectivity index (χ2v) is 6.50. The number of amides is 1. The van der Waals surface area contributed by atoms with Crippen molar-refractivity contribution in [2.45, 2.75) is 19.3 Å². The molecule has 130 valence electrons. The van der Waals surface area contributed by atoms with Crippen LogP contribution in [-0.2, 0) is 0 Å². The van der Waals surface area contributed by atoms with E-state index in [0.29, 0.717) is 29.2 Å². The van der Waals surface area contributed by atoms with Gasteiger partial charge < -0.3 is 10.6 Å². The van der Waals surface area contributed by atoms with E-state index in [1.54, 1.807) is 36.4 Å². The average molecular weight is 336 g/mol. The van der Waals surface area contributed by atoms with Crippen LogP contribution in [0.25, 0.3) is 0 Å². The highest BCUT2D eigenvalue weighted by Crippen LogP contribution is 2.16. The number of rotatable bonds is 6. The lowest BCUT2D eigenvalue weighted by Crippen LogP contribution is -2.33. The SMILES string of the molecule is O=C(NCCC1CCCNC1)c1ccccc1C(=O)c1ccccc1. The molecule has 1 unspecified atom stereocenters. The summed E-state index contributed by atoms with van der Waals surface area (Å²) in [6.45, 7) is 2.76. The summed E-state index contributed by atoms with van der Waals surface area (Å²) in [4.78, 5) is 25.3. The van der Waals surface area contributed by atoms with Crippen molar-refractivity contribution in [3.05, 3.63) is 71.3 Å². The first-order valence-corrected chi connectivity index (χ1v) is 8.93. The Balaban J connectivity index is 1.65. The topological polar surface area (TPSA) is 58.2 Å². The number of carbonyl (C=O) groups excluding carboxylic acids is 2. The predicted molar refractivity (Wildman–Crippen MR) is 98.9 cm³/mol. The lowest BCUT2D eigenvalue weighted by atomic mass is 9.96. The quantitative estimate of drug-likeness (QED) is 0.797. The molecule has 25 heavy (non-hydrogen) atoms. The fourth-order valence-electron chi connectivity index (χ4n) is 3.28. The van der Waals surface area contributed by atoms with Crippen molar-refractivity contribution in [1.82, 2.24) is 10.6 Å². The van der Waals surface area contributed by atoms with Crippen LogP contribution in [0.2, 0.25) is 0 Å². The summed E-state index contributed by atoms with van der Waals surface area (Å²) < 4.78 is 0. The largest absolute Gasteiger partial charge is 0.352 e. The average Bonchev–Trinajstić information content (AvgIpc) is 2.69. The molecule has 0 spiro atoms. The minimum absolute atomic E-state index is 0.122. The third-order valence-corrected chi connectivity index (χ3v) is 4.69. The van der Waals surface area contributed by atoms with Crippen molar-refractivity contribution >= 4 is 11.7 Å². The van der Waals surface area contributed by atoms with E-state index < -0.39 is 0 Å². The van der Waals surface area contributed by atoms with Crippen molar-refractivity contribution in [2.75, 3.05) is 19.6 Å². The number of ketones is 1. The minimum Gasteiger partial charge on any atom is -0.352 e. The summed E-state index contributed by atoms with van der Waals surface area (Å²) in [5.41, 5.74) is 1.49. The number of nitrogens with one attached hydrogen (secondary N) is 2. The second-order valence-electron chi connectivity index (χ2n) is 6.50. The third kappa shape index (κ3) is 4.54. The smallest absolute Gasteiger partial charge is 0.252 e. The van der Waals surface area contributed by atoms with Gasteiger partial charge in [0.25, 0.3) is 5.91 Å². The first-order valence-electron chi connectivity index (χ1n) is 8.93. The summed E-state index contributed by atoms with van der Waals surface area (Å²) in [6, 6.07) is 16.1. The Morgan fingerprint density at radius 3 is 2.44 bits per heavy atom. The molecule has 0 saturated carbocycles. The summed E-state index contributed by atoms with van der Waals surface area (Å²) in [5, 5.41) is 6.36. The molecule has 2 aromatic carbocycles. The van der Waals surface area contributed by atoms with Gasteiger partial charge in [-0.15, -0.1) is 0 Å². The van der Waals surface area contributed by atoms with E-state index in [2.05, 4.69) is 10.6 Å². The molecule has 1 amide bonds.